The number of hydrogen-bond acceptors (Lipinski definition) is 6. The van der Waals surface area contributed by atoms with E-state index >= 15 is 0 Å². The van der Waals surface area contributed by atoms with Gasteiger partial charge < -0.3 is 14.6 Å². The van der Waals surface area contributed by atoms with Crippen LogP contribution < -0.4 is 14.8 Å². The molecule has 0 radical (unpaired) electrons. The Labute approximate surface area is 199 Å². The smallest absolute Gasteiger partial charge is 0.286 e. The third kappa shape index (κ3) is 4.69. The van der Waals surface area contributed by atoms with Crippen LogP contribution in [0, 0.1) is 20.8 Å². The van der Waals surface area contributed by atoms with Crippen molar-refractivity contribution in [3.05, 3.63) is 52.1 Å². The highest BCUT2D eigenvalue weighted by molar-refractivity contribution is 8.15. The van der Waals surface area contributed by atoms with Crippen LogP contribution in [0.4, 0.5) is 4.79 Å². The molecule has 1 fully saturated rings. The van der Waals surface area contributed by atoms with Gasteiger partial charge in [-0.1, -0.05) is 30.8 Å². The van der Waals surface area contributed by atoms with E-state index in [1.54, 1.807) is 0 Å². The topological polar surface area (TPSA) is 84.9 Å². The molecule has 0 spiro atoms. The highest BCUT2D eigenvalue weighted by Crippen LogP contribution is 2.45. The average molecular weight is 470 g/mol. The first-order valence-corrected chi connectivity index (χ1v) is 12.3. The Kier molecular flexibility index (Phi) is 6.61. The second kappa shape index (κ2) is 9.29. The first kappa shape index (κ1) is 23.5. The summed E-state index contributed by atoms with van der Waals surface area (Å²) in [6.45, 7) is 8.60. The van der Waals surface area contributed by atoms with Crippen LogP contribution in [0.3, 0.4) is 0 Å². The second-order valence-corrected chi connectivity index (χ2v) is 10.2. The van der Waals surface area contributed by atoms with E-state index in [1.165, 1.54) is 0 Å². The molecule has 33 heavy (non-hydrogen) atoms. The van der Waals surface area contributed by atoms with Crippen molar-refractivity contribution in [2.24, 2.45) is 0 Å². The third-order valence-electron chi connectivity index (χ3n) is 7.07. The van der Waals surface area contributed by atoms with Gasteiger partial charge >= 0.3 is 0 Å². The molecule has 176 valence electrons. The SMILES string of the molecule is CCC1(CCOc2ccc(CC3SC(=O)NC3=O)cc2)CCc2c(C)c(O)c(C)c(C)c2O1. The zero-order chi connectivity index (χ0) is 23.8. The number of amides is 2. The number of ether oxygens (including phenoxy) is 2. The number of fused-ring (bicyclic) bond motifs is 1. The minimum atomic E-state index is -0.363. The Morgan fingerprint density at radius 1 is 1.15 bits per heavy atom. The molecule has 2 N–H and O–H groups in total. The molecule has 2 aromatic rings. The summed E-state index contributed by atoms with van der Waals surface area (Å²) in [5.41, 5.74) is 4.64. The van der Waals surface area contributed by atoms with E-state index in [1.807, 2.05) is 45.0 Å². The summed E-state index contributed by atoms with van der Waals surface area (Å²) in [6.07, 6.45) is 3.94. The molecule has 2 unspecified atom stereocenters. The van der Waals surface area contributed by atoms with Gasteiger partial charge in [0.15, 0.2) is 0 Å². The fraction of sp³-hybridized carbons (Fsp3) is 0.462. The molecule has 0 saturated carbocycles. The summed E-state index contributed by atoms with van der Waals surface area (Å²) in [5.74, 6) is 1.85. The van der Waals surface area contributed by atoms with Gasteiger partial charge in [0.1, 0.15) is 22.8 Å². The van der Waals surface area contributed by atoms with Crippen LogP contribution in [0.2, 0.25) is 0 Å². The van der Waals surface area contributed by atoms with E-state index in [2.05, 4.69) is 12.2 Å². The number of rotatable bonds is 7. The molecule has 2 amide bonds. The molecule has 6 nitrogen and oxygen atoms in total. The van der Waals surface area contributed by atoms with Gasteiger partial charge in [-0.15, -0.1) is 0 Å². The Morgan fingerprint density at radius 3 is 2.52 bits per heavy atom. The number of phenols is 1. The van der Waals surface area contributed by atoms with Crippen molar-refractivity contribution in [2.45, 2.75) is 70.7 Å². The molecular formula is C26H31NO5S. The van der Waals surface area contributed by atoms with Gasteiger partial charge in [-0.05, 0) is 80.8 Å². The lowest BCUT2D eigenvalue weighted by Crippen LogP contribution is -2.41. The first-order valence-electron chi connectivity index (χ1n) is 11.5. The Balaban J connectivity index is 1.37. The number of thioether (sulfide) groups is 1. The Morgan fingerprint density at radius 2 is 1.88 bits per heavy atom. The van der Waals surface area contributed by atoms with Crippen LogP contribution in [0.5, 0.6) is 17.2 Å². The van der Waals surface area contributed by atoms with Crippen molar-refractivity contribution >= 4 is 22.9 Å². The minimum Gasteiger partial charge on any atom is -0.507 e. The molecule has 4 rings (SSSR count). The van der Waals surface area contributed by atoms with Crippen molar-refractivity contribution in [2.75, 3.05) is 6.61 Å². The fourth-order valence-corrected chi connectivity index (χ4v) is 5.51. The van der Waals surface area contributed by atoms with Gasteiger partial charge in [0.25, 0.3) is 5.24 Å². The van der Waals surface area contributed by atoms with Crippen molar-refractivity contribution in [1.82, 2.24) is 5.32 Å². The summed E-state index contributed by atoms with van der Waals surface area (Å²) in [6, 6.07) is 7.69. The second-order valence-electron chi connectivity index (χ2n) is 9.00. The average Bonchev–Trinajstić information content (AvgIpc) is 3.13. The molecule has 2 heterocycles. The molecule has 0 bridgehead atoms. The summed E-state index contributed by atoms with van der Waals surface area (Å²) >= 11 is 1.04. The van der Waals surface area contributed by atoms with Crippen molar-refractivity contribution in [3.8, 4) is 17.2 Å². The summed E-state index contributed by atoms with van der Waals surface area (Å²) in [5, 5.41) is 12.1. The number of aromatic hydroxyl groups is 1. The Hall–Kier alpha value is -2.67. The van der Waals surface area contributed by atoms with Crippen molar-refractivity contribution in [3.63, 3.8) is 0 Å². The molecule has 2 aliphatic heterocycles. The number of carbonyl (C=O) groups excluding carboxylic acids is 2. The van der Waals surface area contributed by atoms with Crippen LogP contribution in [0.1, 0.15) is 54.0 Å². The first-order chi connectivity index (χ1) is 15.7. The number of hydrogen-bond donors (Lipinski definition) is 2. The fourth-order valence-electron chi connectivity index (χ4n) is 4.65. The zero-order valence-corrected chi connectivity index (χ0v) is 20.4. The van der Waals surface area contributed by atoms with Crippen molar-refractivity contribution < 1.29 is 24.2 Å². The van der Waals surface area contributed by atoms with Crippen LogP contribution in [-0.4, -0.2) is 33.7 Å². The maximum atomic E-state index is 11.8. The van der Waals surface area contributed by atoms with Crippen LogP contribution in [0.15, 0.2) is 24.3 Å². The maximum absolute atomic E-state index is 11.8. The number of imide groups is 1. The van der Waals surface area contributed by atoms with Crippen LogP contribution in [0.25, 0.3) is 0 Å². The van der Waals surface area contributed by atoms with Crippen molar-refractivity contribution in [1.29, 1.82) is 0 Å². The van der Waals surface area contributed by atoms with E-state index in [0.717, 1.165) is 76.8 Å². The molecule has 2 aliphatic rings. The maximum Gasteiger partial charge on any atom is 0.286 e. The summed E-state index contributed by atoms with van der Waals surface area (Å²) in [7, 11) is 0. The number of nitrogens with one attached hydrogen (secondary N) is 1. The van der Waals surface area contributed by atoms with E-state index in [-0.39, 0.29) is 22.0 Å². The molecule has 7 heteroatoms. The highest BCUT2D eigenvalue weighted by atomic mass is 32.2. The monoisotopic (exact) mass is 469 g/mol. The third-order valence-corrected chi connectivity index (χ3v) is 8.05. The normalized spacial score (nSPS) is 22.0. The van der Waals surface area contributed by atoms with Gasteiger partial charge in [0, 0.05) is 12.0 Å². The van der Waals surface area contributed by atoms with E-state index in [4.69, 9.17) is 9.47 Å². The molecule has 2 atom stereocenters. The van der Waals surface area contributed by atoms with Crippen LogP contribution in [-0.2, 0) is 17.6 Å². The minimum absolute atomic E-state index is 0.222. The summed E-state index contributed by atoms with van der Waals surface area (Å²) in [4.78, 5) is 23.1. The molecule has 2 aromatic carbocycles. The lowest BCUT2D eigenvalue weighted by Gasteiger charge is -2.40. The molecule has 0 aromatic heterocycles. The van der Waals surface area contributed by atoms with E-state index in [9.17, 15) is 14.7 Å². The van der Waals surface area contributed by atoms with Gasteiger partial charge in [-0.3, -0.25) is 14.9 Å². The van der Waals surface area contributed by atoms with Gasteiger partial charge in [0.05, 0.1) is 11.9 Å². The predicted octanol–water partition coefficient (Wildman–Crippen LogP) is 5.15. The number of benzene rings is 2. The van der Waals surface area contributed by atoms with Crippen LogP contribution >= 0.6 is 11.8 Å². The van der Waals surface area contributed by atoms with E-state index < -0.39 is 0 Å². The number of carbonyl (C=O) groups is 2. The molecule has 0 aliphatic carbocycles. The van der Waals surface area contributed by atoms with Gasteiger partial charge in [0.2, 0.25) is 5.91 Å². The standard InChI is InChI=1S/C26H31NO5S/c1-5-26(11-10-20-17(4)22(28)15(2)16(3)23(20)32-26)12-13-31-19-8-6-18(7-9-19)14-21-24(29)27-25(30)33-21/h6-9,21,28H,5,10-14H2,1-4H3,(H,27,29,30). The van der Waals surface area contributed by atoms with Gasteiger partial charge in [-0.25, -0.2) is 0 Å². The largest absolute Gasteiger partial charge is 0.507 e. The lowest BCUT2D eigenvalue weighted by molar-refractivity contribution is -0.118. The molecular weight excluding hydrogens is 438 g/mol. The Bertz CT molecular complexity index is 1080. The predicted molar refractivity (Wildman–Crippen MR) is 129 cm³/mol. The number of phenolic OH excluding ortho intramolecular Hbond substituents is 1. The zero-order valence-electron chi connectivity index (χ0n) is 19.6. The van der Waals surface area contributed by atoms with E-state index in [0.29, 0.717) is 18.8 Å². The summed E-state index contributed by atoms with van der Waals surface area (Å²) < 4.78 is 12.6. The van der Waals surface area contributed by atoms with Gasteiger partial charge in [-0.2, -0.15) is 0 Å². The lowest BCUT2D eigenvalue weighted by atomic mass is 9.83. The highest BCUT2D eigenvalue weighted by Gasteiger charge is 2.37. The molecule has 1 saturated heterocycles. The quantitative estimate of drug-likeness (QED) is 0.583.